The van der Waals surface area contributed by atoms with E-state index in [4.69, 9.17) is 4.42 Å². The van der Waals surface area contributed by atoms with E-state index < -0.39 is 0 Å². The summed E-state index contributed by atoms with van der Waals surface area (Å²) in [5, 5.41) is 8.44. The van der Waals surface area contributed by atoms with Crippen molar-refractivity contribution in [3.63, 3.8) is 0 Å². The highest BCUT2D eigenvalue weighted by molar-refractivity contribution is 5.82. The van der Waals surface area contributed by atoms with Crippen LogP contribution in [0.2, 0.25) is 0 Å². The van der Waals surface area contributed by atoms with Gasteiger partial charge >= 0.3 is 0 Å². The quantitative estimate of drug-likeness (QED) is 0.574. The monoisotopic (exact) mass is 332 g/mol. The Bertz CT molecular complexity index is 925. The third-order valence-electron chi connectivity index (χ3n) is 4.39. The minimum atomic E-state index is 0.807. The van der Waals surface area contributed by atoms with Crippen molar-refractivity contribution in [2.75, 3.05) is 6.54 Å². The normalized spacial score (nSPS) is 11.4. The lowest BCUT2D eigenvalue weighted by Crippen LogP contribution is -2.22. The molecule has 5 nitrogen and oxygen atoms in total. The summed E-state index contributed by atoms with van der Waals surface area (Å²) in [7, 11) is 0. The molecule has 1 aromatic carbocycles. The maximum Gasteiger partial charge on any atom is 0.153 e. The average Bonchev–Trinajstić information content (AvgIpc) is 3.28. The second kappa shape index (κ2) is 6.91. The number of nitrogens with one attached hydrogen (secondary N) is 1. The molecule has 0 aliphatic heterocycles. The molecule has 0 spiro atoms. The first kappa shape index (κ1) is 15.6. The average molecular weight is 332 g/mol. The number of fused-ring (bicyclic) bond motifs is 1. The predicted molar refractivity (Wildman–Crippen MR) is 97.8 cm³/mol. The van der Waals surface area contributed by atoms with Crippen molar-refractivity contribution in [1.29, 1.82) is 0 Å². The van der Waals surface area contributed by atoms with E-state index >= 15 is 0 Å². The van der Waals surface area contributed by atoms with E-state index in [0.29, 0.717) is 0 Å². The number of hydrogen-bond donors (Lipinski definition) is 1. The minimum Gasteiger partial charge on any atom is -0.454 e. The molecule has 5 heteroatoms. The molecule has 1 N–H and O–H groups in total. The summed E-state index contributed by atoms with van der Waals surface area (Å²) < 4.78 is 5.99. The molecule has 4 aromatic rings. The number of pyridine rings is 1. The van der Waals surface area contributed by atoms with Crippen LogP contribution in [0.25, 0.3) is 22.4 Å². The van der Waals surface area contributed by atoms with Gasteiger partial charge in [0.2, 0.25) is 0 Å². The molecule has 0 radical (unpaired) electrons. The Morgan fingerprint density at radius 3 is 2.72 bits per heavy atom. The summed E-state index contributed by atoms with van der Waals surface area (Å²) in [5.41, 5.74) is 4.23. The molecule has 0 saturated heterocycles. The van der Waals surface area contributed by atoms with Crippen LogP contribution in [0.5, 0.6) is 0 Å². The van der Waals surface area contributed by atoms with Crippen molar-refractivity contribution < 1.29 is 4.42 Å². The minimum absolute atomic E-state index is 0.807. The largest absolute Gasteiger partial charge is 0.454 e. The van der Waals surface area contributed by atoms with E-state index in [1.165, 1.54) is 5.56 Å². The lowest BCUT2D eigenvalue weighted by atomic mass is 10.1. The van der Waals surface area contributed by atoms with E-state index in [9.17, 15) is 0 Å². The second-order valence-electron chi connectivity index (χ2n) is 6.08. The lowest BCUT2D eigenvalue weighted by molar-refractivity contribution is 0.271. The third kappa shape index (κ3) is 3.32. The number of furan rings is 1. The van der Waals surface area contributed by atoms with Gasteiger partial charge in [0.15, 0.2) is 5.76 Å². The molecule has 0 unspecified atom stereocenters. The molecule has 3 aromatic heterocycles. The molecule has 0 aliphatic carbocycles. The van der Waals surface area contributed by atoms with Gasteiger partial charge < -0.3 is 4.42 Å². The fourth-order valence-electron chi connectivity index (χ4n) is 3.02. The van der Waals surface area contributed by atoms with Gasteiger partial charge in [-0.1, -0.05) is 25.1 Å². The zero-order chi connectivity index (χ0) is 17.1. The standard InChI is InChI=1S/C20H20N4O/c1-2-24(13-15-7-9-21-10-8-15)14-17-12-22-23-20(17)19-11-16-5-3-4-6-18(16)25-19/h3-12H,2,13-14H2,1H3,(H,22,23). The maximum atomic E-state index is 5.99. The zero-order valence-corrected chi connectivity index (χ0v) is 14.1. The van der Waals surface area contributed by atoms with Crippen LogP contribution in [0.3, 0.4) is 0 Å². The molecule has 3 heterocycles. The van der Waals surface area contributed by atoms with E-state index in [0.717, 1.165) is 47.6 Å². The van der Waals surface area contributed by atoms with E-state index in [-0.39, 0.29) is 0 Å². The van der Waals surface area contributed by atoms with Crippen molar-refractivity contribution in [2.45, 2.75) is 20.0 Å². The van der Waals surface area contributed by atoms with Gasteiger partial charge in [-0.3, -0.25) is 15.0 Å². The first-order chi connectivity index (χ1) is 12.3. The third-order valence-corrected chi connectivity index (χ3v) is 4.39. The van der Waals surface area contributed by atoms with Crippen LogP contribution in [0.15, 0.2) is 65.5 Å². The van der Waals surface area contributed by atoms with Crippen molar-refractivity contribution in [1.82, 2.24) is 20.1 Å². The number of benzene rings is 1. The molecular formula is C20H20N4O. The Kier molecular flexibility index (Phi) is 4.31. The molecular weight excluding hydrogens is 312 g/mol. The smallest absolute Gasteiger partial charge is 0.153 e. The summed E-state index contributed by atoms with van der Waals surface area (Å²) in [4.78, 5) is 6.45. The van der Waals surface area contributed by atoms with Gasteiger partial charge in [-0.05, 0) is 36.4 Å². The van der Waals surface area contributed by atoms with Crippen LogP contribution in [0.1, 0.15) is 18.1 Å². The SMILES string of the molecule is CCN(Cc1ccncc1)Cc1cn[nH]c1-c1cc2ccccc2o1. The summed E-state index contributed by atoms with van der Waals surface area (Å²) in [6.45, 7) is 4.81. The molecule has 0 atom stereocenters. The van der Waals surface area contributed by atoms with Crippen LogP contribution < -0.4 is 0 Å². The Morgan fingerprint density at radius 1 is 1.08 bits per heavy atom. The van der Waals surface area contributed by atoms with Crippen molar-refractivity contribution in [3.05, 3.63) is 72.2 Å². The Hall–Kier alpha value is -2.92. The van der Waals surface area contributed by atoms with Gasteiger partial charge in [0.05, 0.1) is 6.20 Å². The van der Waals surface area contributed by atoms with Crippen molar-refractivity contribution in [3.8, 4) is 11.5 Å². The summed E-state index contributed by atoms with van der Waals surface area (Å²) in [5.74, 6) is 0.827. The predicted octanol–water partition coefficient (Wildman–Crippen LogP) is 4.24. The summed E-state index contributed by atoms with van der Waals surface area (Å²) >= 11 is 0. The Balaban J connectivity index is 1.58. The van der Waals surface area contributed by atoms with Gasteiger partial charge in [0.25, 0.3) is 0 Å². The molecule has 0 aliphatic rings. The zero-order valence-electron chi connectivity index (χ0n) is 14.1. The van der Waals surface area contributed by atoms with E-state index in [2.05, 4.69) is 51.3 Å². The molecule has 126 valence electrons. The summed E-state index contributed by atoms with van der Waals surface area (Å²) in [6, 6.07) is 14.2. The van der Waals surface area contributed by atoms with E-state index in [1.54, 1.807) is 0 Å². The van der Waals surface area contributed by atoms with Crippen molar-refractivity contribution in [2.24, 2.45) is 0 Å². The first-order valence-electron chi connectivity index (χ1n) is 8.46. The first-order valence-corrected chi connectivity index (χ1v) is 8.46. The number of aromatic amines is 1. The van der Waals surface area contributed by atoms with Gasteiger partial charge in [-0.15, -0.1) is 0 Å². The van der Waals surface area contributed by atoms with Crippen LogP contribution in [-0.2, 0) is 13.1 Å². The highest BCUT2D eigenvalue weighted by atomic mass is 16.3. The number of para-hydroxylation sites is 1. The summed E-state index contributed by atoms with van der Waals surface area (Å²) in [6.07, 6.45) is 5.56. The number of aromatic nitrogens is 3. The topological polar surface area (TPSA) is 58.0 Å². The van der Waals surface area contributed by atoms with Gasteiger partial charge in [-0.25, -0.2) is 0 Å². The number of hydrogen-bond acceptors (Lipinski definition) is 4. The number of rotatable bonds is 6. The fraction of sp³-hybridized carbons (Fsp3) is 0.200. The number of H-pyrrole nitrogens is 1. The van der Waals surface area contributed by atoms with Crippen LogP contribution in [0.4, 0.5) is 0 Å². The molecule has 25 heavy (non-hydrogen) atoms. The highest BCUT2D eigenvalue weighted by Crippen LogP contribution is 2.29. The molecule has 0 fully saturated rings. The number of nitrogens with zero attached hydrogens (tertiary/aromatic N) is 3. The maximum absolute atomic E-state index is 5.99. The molecule has 0 amide bonds. The highest BCUT2D eigenvalue weighted by Gasteiger charge is 2.15. The van der Waals surface area contributed by atoms with Crippen LogP contribution in [0, 0.1) is 0 Å². The Labute approximate surface area is 146 Å². The second-order valence-corrected chi connectivity index (χ2v) is 6.08. The van der Waals surface area contributed by atoms with Gasteiger partial charge in [0, 0.05) is 36.4 Å². The van der Waals surface area contributed by atoms with Gasteiger partial charge in [-0.2, -0.15) is 5.10 Å². The van der Waals surface area contributed by atoms with Crippen LogP contribution >= 0.6 is 0 Å². The molecule has 4 rings (SSSR count). The molecule has 0 saturated carbocycles. The Morgan fingerprint density at radius 2 is 1.92 bits per heavy atom. The van der Waals surface area contributed by atoms with Crippen molar-refractivity contribution >= 4 is 11.0 Å². The lowest BCUT2D eigenvalue weighted by Gasteiger charge is -2.20. The van der Waals surface area contributed by atoms with E-state index in [1.807, 2.05) is 36.8 Å². The van der Waals surface area contributed by atoms with Crippen LogP contribution in [-0.4, -0.2) is 26.6 Å². The molecule has 0 bridgehead atoms. The fourth-order valence-corrected chi connectivity index (χ4v) is 3.02. The van der Waals surface area contributed by atoms with Gasteiger partial charge in [0.1, 0.15) is 11.3 Å².